The number of nitrogens with one attached hydrogen (secondary N) is 2. The molecule has 0 radical (unpaired) electrons. The maximum Gasteiger partial charge on any atom is 0.221 e. The van der Waals surface area contributed by atoms with Gasteiger partial charge in [0.2, 0.25) is 5.91 Å². The van der Waals surface area contributed by atoms with Crippen LogP contribution in [-0.4, -0.2) is 21.9 Å². The lowest BCUT2D eigenvalue weighted by Gasteiger charge is -2.16. The summed E-state index contributed by atoms with van der Waals surface area (Å²) in [6.07, 6.45) is 6.83. The minimum absolute atomic E-state index is 0.0694. The van der Waals surface area contributed by atoms with Gasteiger partial charge >= 0.3 is 0 Å². The monoisotopic (exact) mass is 310 g/mol. The molecule has 5 heteroatoms. The summed E-state index contributed by atoms with van der Waals surface area (Å²) >= 11 is 0. The lowest BCUT2D eigenvalue weighted by Crippen LogP contribution is -2.16. The van der Waals surface area contributed by atoms with E-state index < -0.39 is 0 Å². The highest BCUT2D eigenvalue weighted by molar-refractivity contribution is 5.89. The van der Waals surface area contributed by atoms with Crippen LogP contribution in [0.4, 0.5) is 11.5 Å². The van der Waals surface area contributed by atoms with E-state index >= 15 is 0 Å². The number of rotatable bonds is 4. The predicted molar refractivity (Wildman–Crippen MR) is 92.4 cm³/mol. The fourth-order valence-corrected chi connectivity index (χ4v) is 2.99. The standard InChI is InChI=1S/C18H22N4O/c1-12-19-11-17(18(20-12)22-15-5-3-4-6-15)14-7-9-16(10-8-14)21-13(2)23/h7-11,15H,3-6H2,1-2H3,(H,21,23)(H,19,20,22). The van der Waals surface area contributed by atoms with Crippen LogP contribution in [0.15, 0.2) is 30.5 Å². The van der Waals surface area contributed by atoms with Crippen molar-refractivity contribution in [2.45, 2.75) is 45.6 Å². The average molecular weight is 310 g/mol. The lowest BCUT2D eigenvalue weighted by atomic mass is 10.1. The fourth-order valence-electron chi connectivity index (χ4n) is 2.99. The molecule has 0 spiro atoms. The minimum atomic E-state index is -0.0694. The maximum atomic E-state index is 11.1. The Hall–Kier alpha value is -2.43. The van der Waals surface area contributed by atoms with Crippen molar-refractivity contribution in [3.05, 3.63) is 36.3 Å². The first-order valence-corrected chi connectivity index (χ1v) is 8.10. The summed E-state index contributed by atoms with van der Waals surface area (Å²) in [6.45, 7) is 3.41. The van der Waals surface area contributed by atoms with E-state index in [9.17, 15) is 4.79 Å². The molecule has 120 valence electrons. The molecule has 0 unspecified atom stereocenters. The SMILES string of the molecule is CC(=O)Nc1ccc(-c2cnc(C)nc2NC2CCCC2)cc1. The second kappa shape index (κ2) is 6.77. The Balaban J connectivity index is 1.87. The third-order valence-electron chi connectivity index (χ3n) is 4.12. The van der Waals surface area contributed by atoms with Crippen molar-refractivity contribution < 1.29 is 4.79 Å². The number of carbonyl (C=O) groups is 1. The maximum absolute atomic E-state index is 11.1. The van der Waals surface area contributed by atoms with Gasteiger partial charge < -0.3 is 10.6 Å². The molecule has 3 rings (SSSR count). The van der Waals surface area contributed by atoms with E-state index in [1.165, 1.54) is 32.6 Å². The van der Waals surface area contributed by atoms with Gasteiger partial charge in [-0.3, -0.25) is 4.79 Å². The predicted octanol–water partition coefficient (Wildman–Crippen LogP) is 3.76. The second-order valence-electron chi connectivity index (χ2n) is 6.06. The Labute approximate surface area is 136 Å². The summed E-state index contributed by atoms with van der Waals surface area (Å²) in [5, 5.41) is 6.35. The molecular formula is C18H22N4O. The number of benzene rings is 1. The van der Waals surface area contributed by atoms with E-state index in [1.54, 1.807) is 0 Å². The molecule has 23 heavy (non-hydrogen) atoms. The Morgan fingerprint density at radius 1 is 1.17 bits per heavy atom. The average Bonchev–Trinajstić information content (AvgIpc) is 3.01. The van der Waals surface area contributed by atoms with Crippen LogP contribution in [0.3, 0.4) is 0 Å². The summed E-state index contributed by atoms with van der Waals surface area (Å²) in [7, 11) is 0. The van der Waals surface area contributed by atoms with Gasteiger partial charge in [0.1, 0.15) is 11.6 Å². The van der Waals surface area contributed by atoms with E-state index in [1.807, 2.05) is 37.4 Å². The van der Waals surface area contributed by atoms with Crippen molar-refractivity contribution in [2.24, 2.45) is 0 Å². The zero-order chi connectivity index (χ0) is 16.2. The summed E-state index contributed by atoms with van der Waals surface area (Å²) in [4.78, 5) is 20.0. The smallest absolute Gasteiger partial charge is 0.221 e. The van der Waals surface area contributed by atoms with Gasteiger partial charge in [0.05, 0.1) is 0 Å². The lowest BCUT2D eigenvalue weighted by molar-refractivity contribution is -0.114. The molecule has 1 aromatic heterocycles. The molecule has 2 N–H and O–H groups in total. The molecule has 5 nitrogen and oxygen atoms in total. The van der Waals surface area contributed by atoms with Crippen LogP contribution in [-0.2, 0) is 4.79 Å². The molecule has 2 aromatic rings. The van der Waals surface area contributed by atoms with Crippen LogP contribution < -0.4 is 10.6 Å². The molecule has 0 bridgehead atoms. The normalized spacial score (nSPS) is 14.7. The van der Waals surface area contributed by atoms with Gasteiger partial charge in [-0.25, -0.2) is 9.97 Å². The van der Waals surface area contributed by atoms with Gasteiger partial charge in [-0.15, -0.1) is 0 Å². The molecule has 0 atom stereocenters. The van der Waals surface area contributed by atoms with E-state index in [0.29, 0.717) is 6.04 Å². The van der Waals surface area contributed by atoms with Crippen molar-refractivity contribution in [2.75, 3.05) is 10.6 Å². The highest BCUT2D eigenvalue weighted by Crippen LogP contribution is 2.30. The summed E-state index contributed by atoms with van der Waals surface area (Å²) < 4.78 is 0. The number of hydrogen-bond donors (Lipinski definition) is 2. The number of amides is 1. The van der Waals surface area contributed by atoms with Crippen LogP contribution in [0.1, 0.15) is 38.4 Å². The third-order valence-corrected chi connectivity index (χ3v) is 4.12. The number of anilines is 2. The van der Waals surface area contributed by atoms with E-state index in [0.717, 1.165) is 28.5 Å². The molecular weight excluding hydrogens is 288 g/mol. The van der Waals surface area contributed by atoms with E-state index in [4.69, 9.17) is 0 Å². The molecule has 1 amide bonds. The Morgan fingerprint density at radius 2 is 1.87 bits per heavy atom. The first-order chi connectivity index (χ1) is 11.1. The van der Waals surface area contributed by atoms with Crippen molar-refractivity contribution in [3.63, 3.8) is 0 Å². The zero-order valence-corrected chi connectivity index (χ0v) is 13.6. The highest BCUT2D eigenvalue weighted by atomic mass is 16.1. The van der Waals surface area contributed by atoms with Crippen LogP contribution in [0, 0.1) is 6.92 Å². The van der Waals surface area contributed by atoms with Gasteiger partial charge in [-0.2, -0.15) is 0 Å². The summed E-state index contributed by atoms with van der Waals surface area (Å²) in [5.74, 6) is 1.60. The van der Waals surface area contributed by atoms with Crippen molar-refractivity contribution >= 4 is 17.4 Å². The van der Waals surface area contributed by atoms with Crippen LogP contribution in [0.2, 0.25) is 0 Å². The highest BCUT2D eigenvalue weighted by Gasteiger charge is 2.17. The van der Waals surface area contributed by atoms with Crippen LogP contribution >= 0.6 is 0 Å². The Bertz CT molecular complexity index is 691. The number of carbonyl (C=O) groups excluding carboxylic acids is 1. The van der Waals surface area contributed by atoms with E-state index in [2.05, 4.69) is 20.6 Å². The summed E-state index contributed by atoms with van der Waals surface area (Å²) in [5.41, 5.74) is 2.83. The van der Waals surface area contributed by atoms with Gasteiger partial charge in [0.15, 0.2) is 0 Å². The Kier molecular flexibility index (Phi) is 4.55. The molecule has 0 saturated heterocycles. The number of aromatic nitrogens is 2. The first kappa shape index (κ1) is 15.5. The van der Waals surface area contributed by atoms with Gasteiger partial charge in [-0.1, -0.05) is 25.0 Å². The molecule has 1 aromatic carbocycles. The van der Waals surface area contributed by atoms with Crippen LogP contribution in [0.25, 0.3) is 11.1 Å². The van der Waals surface area contributed by atoms with Gasteiger partial charge in [0.25, 0.3) is 0 Å². The number of aryl methyl sites for hydroxylation is 1. The Morgan fingerprint density at radius 3 is 2.52 bits per heavy atom. The molecule has 1 aliphatic rings. The quantitative estimate of drug-likeness (QED) is 0.902. The molecule has 1 fully saturated rings. The molecule has 1 saturated carbocycles. The fraction of sp³-hybridized carbons (Fsp3) is 0.389. The van der Waals surface area contributed by atoms with Crippen molar-refractivity contribution in [1.82, 2.24) is 9.97 Å². The van der Waals surface area contributed by atoms with E-state index in [-0.39, 0.29) is 5.91 Å². The summed E-state index contributed by atoms with van der Waals surface area (Å²) in [6, 6.07) is 8.27. The second-order valence-corrected chi connectivity index (χ2v) is 6.06. The molecule has 0 aliphatic heterocycles. The number of nitrogens with zero attached hydrogens (tertiary/aromatic N) is 2. The minimum Gasteiger partial charge on any atom is -0.367 e. The van der Waals surface area contributed by atoms with Crippen molar-refractivity contribution in [1.29, 1.82) is 0 Å². The topological polar surface area (TPSA) is 66.9 Å². The van der Waals surface area contributed by atoms with Crippen molar-refractivity contribution in [3.8, 4) is 11.1 Å². The largest absolute Gasteiger partial charge is 0.367 e. The third kappa shape index (κ3) is 3.86. The molecule has 1 heterocycles. The first-order valence-electron chi connectivity index (χ1n) is 8.10. The van der Waals surface area contributed by atoms with Gasteiger partial charge in [-0.05, 0) is 37.5 Å². The van der Waals surface area contributed by atoms with Crippen LogP contribution in [0.5, 0.6) is 0 Å². The number of hydrogen-bond acceptors (Lipinski definition) is 4. The van der Waals surface area contributed by atoms with Gasteiger partial charge in [0, 0.05) is 30.4 Å². The molecule has 1 aliphatic carbocycles. The zero-order valence-electron chi connectivity index (χ0n) is 13.6.